The summed E-state index contributed by atoms with van der Waals surface area (Å²) in [6.07, 6.45) is -0.982. The summed E-state index contributed by atoms with van der Waals surface area (Å²) in [6.45, 7) is 1.96. The minimum absolute atomic E-state index is 0.185. The molecule has 1 aromatic heterocycles. The lowest BCUT2D eigenvalue weighted by atomic mass is 10.2. The molecular weight excluding hydrogens is 404 g/mol. The number of H-pyrrole nitrogens is 1. The van der Waals surface area contributed by atoms with Crippen LogP contribution >= 0.6 is 0 Å². The number of benzene rings is 2. The molecule has 2 heterocycles. The Bertz CT molecular complexity index is 1140. The highest BCUT2D eigenvalue weighted by Crippen LogP contribution is 2.33. The van der Waals surface area contributed by atoms with Crippen molar-refractivity contribution < 1.29 is 33.3 Å². The van der Waals surface area contributed by atoms with Crippen LogP contribution in [0.25, 0.3) is 10.9 Å². The third-order valence-electron chi connectivity index (χ3n) is 4.90. The van der Waals surface area contributed by atoms with Gasteiger partial charge in [-0.25, -0.2) is 4.79 Å². The van der Waals surface area contributed by atoms with E-state index in [1.54, 1.807) is 37.4 Å². The molecule has 0 aliphatic carbocycles. The number of aromatic amines is 1. The summed E-state index contributed by atoms with van der Waals surface area (Å²) in [5.41, 5.74) is 1.68. The van der Waals surface area contributed by atoms with Crippen molar-refractivity contribution >= 4 is 22.8 Å². The van der Waals surface area contributed by atoms with Crippen LogP contribution < -0.4 is 24.3 Å². The third kappa shape index (κ3) is 4.20. The number of nitrogens with one attached hydrogen (secondary N) is 2. The first kappa shape index (κ1) is 20.4. The molecule has 4 rings (SSSR count). The summed E-state index contributed by atoms with van der Waals surface area (Å²) >= 11 is 0. The second-order valence-electron chi connectivity index (χ2n) is 6.93. The standard InChI is InChI=1S/C22H22N2O7/c1-12(21(25)23-10-13-4-5-17-18(6-13)30-11-29-17)31-22(26)16-8-14-7-15(27-2)9-19(28-3)20(14)24-16/h4-9,12,24H,10-11H2,1-3H3,(H,23,25). The molecule has 0 spiro atoms. The van der Waals surface area contributed by atoms with Gasteiger partial charge in [-0.05, 0) is 36.8 Å². The molecule has 0 radical (unpaired) electrons. The third-order valence-corrected chi connectivity index (χ3v) is 4.90. The van der Waals surface area contributed by atoms with Crippen molar-refractivity contribution in [2.24, 2.45) is 0 Å². The van der Waals surface area contributed by atoms with E-state index in [0.29, 0.717) is 28.5 Å². The molecule has 9 heteroatoms. The number of fused-ring (bicyclic) bond motifs is 2. The Balaban J connectivity index is 1.39. The molecule has 2 aromatic carbocycles. The van der Waals surface area contributed by atoms with E-state index in [1.807, 2.05) is 6.07 Å². The Labute approximate surface area is 178 Å². The van der Waals surface area contributed by atoms with Gasteiger partial charge in [0.1, 0.15) is 17.2 Å². The number of hydrogen-bond donors (Lipinski definition) is 2. The van der Waals surface area contributed by atoms with Gasteiger partial charge in [0.05, 0.1) is 19.7 Å². The summed E-state index contributed by atoms with van der Waals surface area (Å²) in [6, 6.07) is 10.5. The number of hydrogen-bond acceptors (Lipinski definition) is 7. The summed E-state index contributed by atoms with van der Waals surface area (Å²) in [4.78, 5) is 27.9. The molecule has 0 saturated carbocycles. The highest BCUT2D eigenvalue weighted by atomic mass is 16.7. The van der Waals surface area contributed by atoms with Crippen molar-refractivity contribution in [2.75, 3.05) is 21.0 Å². The van der Waals surface area contributed by atoms with Crippen LogP contribution in [0, 0.1) is 0 Å². The van der Waals surface area contributed by atoms with Gasteiger partial charge in [-0.3, -0.25) is 4.79 Å². The highest BCUT2D eigenvalue weighted by molar-refractivity contribution is 5.98. The molecule has 2 N–H and O–H groups in total. The average molecular weight is 426 g/mol. The molecule has 1 aliphatic heterocycles. The fourth-order valence-corrected chi connectivity index (χ4v) is 3.23. The van der Waals surface area contributed by atoms with Crippen LogP contribution in [-0.4, -0.2) is 44.0 Å². The molecule has 162 valence electrons. The molecule has 9 nitrogen and oxygen atoms in total. The van der Waals surface area contributed by atoms with Gasteiger partial charge >= 0.3 is 5.97 Å². The van der Waals surface area contributed by atoms with Crippen LogP contribution in [0.1, 0.15) is 23.0 Å². The van der Waals surface area contributed by atoms with Crippen molar-refractivity contribution in [2.45, 2.75) is 19.6 Å². The number of ether oxygens (including phenoxy) is 5. The number of methoxy groups -OCH3 is 2. The quantitative estimate of drug-likeness (QED) is 0.559. The zero-order valence-electron chi connectivity index (χ0n) is 17.3. The van der Waals surface area contributed by atoms with Gasteiger partial charge in [-0.15, -0.1) is 0 Å². The second-order valence-corrected chi connectivity index (χ2v) is 6.93. The SMILES string of the molecule is COc1cc(OC)c2[nH]c(C(=O)OC(C)C(=O)NCc3ccc4c(c3)OCO4)cc2c1. The topological polar surface area (TPSA) is 108 Å². The van der Waals surface area contributed by atoms with E-state index < -0.39 is 18.0 Å². The van der Waals surface area contributed by atoms with Crippen LogP contribution in [0.15, 0.2) is 36.4 Å². The molecule has 1 unspecified atom stereocenters. The van der Waals surface area contributed by atoms with E-state index in [2.05, 4.69) is 10.3 Å². The first-order chi connectivity index (χ1) is 15.0. The largest absolute Gasteiger partial charge is 0.497 e. The van der Waals surface area contributed by atoms with E-state index in [4.69, 9.17) is 23.7 Å². The van der Waals surface area contributed by atoms with Crippen molar-refractivity contribution in [1.82, 2.24) is 10.3 Å². The predicted octanol–water partition coefficient (Wildman–Crippen LogP) is 2.78. The highest BCUT2D eigenvalue weighted by Gasteiger charge is 2.21. The molecule has 0 bridgehead atoms. The van der Waals surface area contributed by atoms with Gasteiger partial charge in [-0.1, -0.05) is 6.07 Å². The van der Waals surface area contributed by atoms with E-state index in [-0.39, 0.29) is 19.0 Å². The van der Waals surface area contributed by atoms with Crippen LogP contribution in [0.4, 0.5) is 0 Å². The van der Waals surface area contributed by atoms with Crippen LogP contribution in [0.2, 0.25) is 0 Å². The van der Waals surface area contributed by atoms with Crippen molar-refractivity contribution in [3.63, 3.8) is 0 Å². The molecule has 3 aromatic rings. The first-order valence-electron chi connectivity index (χ1n) is 9.60. The van der Waals surface area contributed by atoms with E-state index in [9.17, 15) is 9.59 Å². The normalized spacial score (nSPS) is 13.0. The summed E-state index contributed by atoms with van der Waals surface area (Å²) < 4.78 is 26.5. The smallest absolute Gasteiger partial charge is 0.355 e. The molecule has 1 amide bonds. The van der Waals surface area contributed by atoms with Gasteiger partial charge in [0.2, 0.25) is 6.79 Å². The zero-order valence-corrected chi connectivity index (χ0v) is 17.3. The lowest BCUT2D eigenvalue weighted by molar-refractivity contribution is -0.129. The van der Waals surface area contributed by atoms with Crippen molar-refractivity contribution in [1.29, 1.82) is 0 Å². The number of esters is 1. The molecule has 1 aliphatic rings. The van der Waals surface area contributed by atoms with Gasteiger partial charge in [-0.2, -0.15) is 0 Å². The molecule has 0 fully saturated rings. The predicted molar refractivity (Wildman–Crippen MR) is 111 cm³/mol. The Morgan fingerprint density at radius 1 is 1.10 bits per heavy atom. The number of rotatable bonds is 7. The van der Waals surface area contributed by atoms with E-state index >= 15 is 0 Å². The summed E-state index contributed by atoms with van der Waals surface area (Å²) in [7, 11) is 3.08. The fraction of sp³-hybridized carbons (Fsp3) is 0.273. The van der Waals surface area contributed by atoms with Crippen LogP contribution in [0.5, 0.6) is 23.0 Å². The van der Waals surface area contributed by atoms with E-state index in [1.165, 1.54) is 14.0 Å². The lowest BCUT2D eigenvalue weighted by Gasteiger charge is -2.13. The maximum Gasteiger partial charge on any atom is 0.355 e. The Hall–Kier alpha value is -3.88. The maximum absolute atomic E-state index is 12.5. The molecule has 31 heavy (non-hydrogen) atoms. The van der Waals surface area contributed by atoms with Gasteiger partial charge in [0.15, 0.2) is 17.6 Å². The number of amides is 1. The van der Waals surface area contributed by atoms with E-state index in [0.717, 1.165) is 10.9 Å². The second kappa shape index (κ2) is 8.47. The van der Waals surface area contributed by atoms with Gasteiger partial charge < -0.3 is 34.0 Å². The average Bonchev–Trinajstić information content (AvgIpc) is 3.42. The van der Waals surface area contributed by atoms with Crippen LogP contribution in [-0.2, 0) is 16.1 Å². The number of carbonyl (C=O) groups is 2. The van der Waals surface area contributed by atoms with Crippen molar-refractivity contribution in [3.05, 3.63) is 47.7 Å². The van der Waals surface area contributed by atoms with Crippen molar-refractivity contribution in [3.8, 4) is 23.0 Å². The minimum atomic E-state index is -0.982. The van der Waals surface area contributed by atoms with Gasteiger partial charge in [0, 0.05) is 18.0 Å². The first-order valence-corrected chi connectivity index (χ1v) is 9.60. The van der Waals surface area contributed by atoms with Gasteiger partial charge in [0.25, 0.3) is 5.91 Å². The molecular formula is C22H22N2O7. The lowest BCUT2D eigenvalue weighted by Crippen LogP contribution is -2.35. The monoisotopic (exact) mass is 426 g/mol. The summed E-state index contributed by atoms with van der Waals surface area (Å²) in [5, 5.41) is 3.47. The maximum atomic E-state index is 12.5. The Morgan fingerprint density at radius 3 is 2.68 bits per heavy atom. The number of carbonyl (C=O) groups excluding carboxylic acids is 2. The molecule has 1 atom stereocenters. The zero-order chi connectivity index (χ0) is 22.0. The molecule has 0 saturated heterocycles. The fourth-order valence-electron chi connectivity index (χ4n) is 3.23. The minimum Gasteiger partial charge on any atom is -0.497 e. The Morgan fingerprint density at radius 2 is 1.90 bits per heavy atom. The number of aromatic nitrogens is 1. The Kier molecular flexibility index (Phi) is 5.57. The van der Waals surface area contributed by atoms with Crippen LogP contribution in [0.3, 0.4) is 0 Å². The summed E-state index contributed by atoms with van der Waals surface area (Å²) in [5.74, 6) is 1.37.